The molecule has 0 spiro atoms. The second kappa shape index (κ2) is 8.31. The molecule has 2 amide bonds. The largest absolute Gasteiger partial charge is 0.481 e. The maximum Gasteiger partial charge on any atom is 0.305 e. The Morgan fingerprint density at radius 1 is 1.04 bits per heavy atom. The van der Waals surface area contributed by atoms with E-state index < -0.39 is 5.97 Å². The van der Waals surface area contributed by atoms with Gasteiger partial charge in [-0.1, -0.05) is 12.8 Å². The highest BCUT2D eigenvalue weighted by atomic mass is 16.4. The lowest BCUT2D eigenvalue weighted by atomic mass is 9.77. The highest BCUT2D eigenvalue weighted by Crippen LogP contribution is 2.33. The van der Waals surface area contributed by atoms with Gasteiger partial charge in [0.25, 0.3) is 0 Å². The molecule has 2 atom stereocenters. The number of carboxylic acid groups (broad SMARTS) is 1. The molecule has 23 heavy (non-hydrogen) atoms. The number of carbonyl (C=O) groups excluding carboxylic acids is 2. The highest BCUT2D eigenvalue weighted by Gasteiger charge is 2.39. The lowest BCUT2D eigenvalue weighted by Crippen LogP contribution is -2.46. The molecular weight excluding hydrogens is 296 g/mol. The average Bonchev–Trinajstić information content (AvgIpc) is 3.08. The van der Waals surface area contributed by atoms with Crippen LogP contribution >= 0.6 is 0 Å². The maximum atomic E-state index is 12.8. The van der Waals surface area contributed by atoms with Gasteiger partial charge in [-0.3, -0.25) is 14.4 Å². The Hall–Kier alpha value is -1.59. The van der Waals surface area contributed by atoms with Crippen molar-refractivity contribution < 1.29 is 19.5 Å². The number of rotatable bonds is 6. The van der Waals surface area contributed by atoms with Crippen LogP contribution in [0.4, 0.5) is 0 Å². The number of nitrogens with zero attached hydrogens (tertiary/aromatic N) is 2. The Balaban J connectivity index is 2.04. The van der Waals surface area contributed by atoms with Gasteiger partial charge in [0.1, 0.15) is 0 Å². The van der Waals surface area contributed by atoms with Crippen molar-refractivity contribution in [2.24, 2.45) is 11.8 Å². The minimum absolute atomic E-state index is 0.0361. The Labute approximate surface area is 137 Å². The summed E-state index contributed by atoms with van der Waals surface area (Å²) in [5, 5.41) is 8.84. The van der Waals surface area contributed by atoms with Gasteiger partial charge in [0.05, 0.1) is 6.42 Å². The molecule has 2 unspecified atom stereocenters. The zero-order chi connectivity index (χ0) is 16.8. The van der Waals surface area contributed by atoms with Gasteiger partial charge in [-0.15, -0.1) is 0 Å². The van der Waals surface area contributed by atoms with Crippen molar-refractivity contribution in [2.75, 3.05) is 26.2 Å². The van der Waals surface area contributed by atoms with E-state index in [1.54, 1.807) is 4.90 Å². The summed E-state index contributed by atoms with van der Waals surface area (Å²) < 4.78 is 0. The van der Waals surface area contributed by atoms with E-state index in [0.29, 0.717) is 6.54 Å². The van der Waals surface area contributed by atoms with Crippen LogP contribution < -0.4 is 0 Å². The Morgan fingerprint density at radius 2 is 1.65 bits per heavy atom. The third-order valence-electron chi connectivity index (χ3n) is 5.11. The molecular formula is C17H28N2O4. The van der Waals surface area contributed by atoms with Crippen LogP contribution in [-0.2, 0) is 14.4 Å². The van der Waals surface area contributed by atoms with Crippen molar-refractivity contribution in [3.05, 3.63) is 0 Å². The first-order chi connectivity index (χ1) is 11.0. The minimum atomic E-state index is -0.899. The van der Waals surface area contributed by atoms with Crippen molar-refractivity contribution >= 4 is 17.8 Å². The lowest BCUT2D eigenvalue weighted by Gasteiger charge is -2.35. The third-order valence-corrected chi connectivity index (χ3v) is 5.11. The second-order valence-electron chi connectivity index (χ2n) is 6.59. The first-order valence-electron chi connectivity index (χ1n) is 8.84. The predicted octanol–water partition coefficient (Wildman–Crippen LogP) is 1.74. The number of hydrogen-bond donors (Lipinski definition) is 1. The smallest absolute Gasteiger partial charge is 0.305 e. The molecule has 0 aromatic rings. The summed E-state index contributed by atoms with van der Waals surface area (Å²) in [4.78, 5) is 39.9. The SMILES string of the molecule is CCN(CCC(=O)O)C(=O)C1CCCCC1C(=O)N1CCCC1. The molecule has 2 fully saturated rings. The molecule has 1 aliphatic carbocycles. The lowest BCUT2D eigenvalue weighted by molar-refractivity contribution is -0.148. The summed E-state index contributed by atoms with van der Waals surface area (Å²) in [5.74, 6) is -1.29. The number of carbonyl (C=O) groups is 3. The molecule has 1 saturated heterocycles. The van der Waals surface area contributed by atoms with E-state index in [1.807, 2.05) is 11.8 Å². The molecule has 6 heteroatoms. The van der Waals surface area contributed by atoms with Gasteiger partial charge >= 0.3 is 5.97 Å². The molecule has 1 N–H and O–H groups in total. The fourth-order valence-electron chi connectivity index (χ4n) is 3.78. The Morgan fingerprint density at radius 3 is 2.22 bits per heavy atom. The van der Waals surface area contributed by atoms with Crippen LogP contribution in [0.2, 0.25) is 0 Å². The van der Waals surface area contributed by atoms with Gasteiger partial charge < -0.3 is 14.9 Å². The van der Waals surface area contributed by atoms with Crippen LogP contribution in [0.1, 0.15) is 51.9 Å². The van der Waals surface area contributed by atoms with E-state index in [-0.39, 0.29) is 36.6 Å². The second-order valence-corrected chi connectivity index (χ2v) is 6.59. The van der Waals surface area contributed by atoms with E-state index in [1.165, 1.54) is 0 Å². The van der Waals surface area contributed by atoms with Gasteiger partial charge in [-0.2, -0.15) is 0 Å². The summed E-state index contributed by atoms with van der Waals surface area (Å²) in [5.41, 5.74) is 0. The zero-order valence-electron chi connectivity index (χ0n) is 14.0. The predicted molar refractivity (Wildman–Crippen MR) is 85.8 cm³/mol. The fraction of sp³-hybridized carbons (Fsp3) is 0.824. The summed E-state index contributed by atoms with van der Waals surface area (Å²) in [6.45, 7) is 4.21. The molecule has 0 aromatic carbocycles. The number of hydrogen-bond acceptors (Lipinski definition) is 3. The molecule has 1 aliphatic heterocycles. The van der Waals surface area contributed by atoms with E-state index in [9.17, 15) is 14.4 Å². The van der Waals surface area contributed by atoms with Crippen LogP contribution in [0.25, 0.3) is 0 Å². The monoisotopic (exact) mass is 324 g/mol. The first kappa shape index (κ1) is 17.8. The molecule has 2 rings (SSSR count). The standard InChI is InChI=1S/C17H28N2O4/c1-2-18(12-9-15(20)21)16(22)13-7-3-4-8-14(13)17(23)19-10-5-6-11-19/h13-14H,2-12H2,1H3,(H,20,21). The molecule has 2 aliphatic rings. The number of carboxylic acids is 1. The summed E-state index contributed by atoms with van der Waals surface area (Å²) in [6, 6.07) is 0. The summed E-state index contributed by atoms with van der Waals surface area (Å²) in [6.07, 6.45) is 5.55. The topological polar surface area (TPSA) is 77.9 Å². The number of likely N-dealkylation sites (tertiary alicyclic amines) is 1. The fourth-order valence-corrected chi connectivity index (χ4v) is 3.78. The molecule has 130 valence electrons. The highest BCUT2D eigenvalue weighted by molar-refractivity contribution is 5.88. The molecule has 1 saturated carbocycles. The number of amides is 2. The van der Waals surface area contributed by atoms with Crippen molar-refractivity contribution in [1.82, 2.24) is 9.80 Å². The van der Waals surface area contributed by atoms with E-state index >= 15 is 0 Å². The summed E-state index contributed by atoms with van der Waals surface area (Å²) in [7, 11) is 0. The molecule has 0 radical (unpaired) electrons. The average molecular weight is 324 g/mol. The molecule has 0 bridgehead atoms. The van der Waals surface area contributed by atoms with Crippen LogP contribution in [0, 0.1) is 11.8 Å². The maximum absolute atomic E-state index is 12.8. The van der Waals surface area contributed by atoms with Gasteiger partial charge in [-0.25, -0.2) is 0 Å². The van der Waals surface area contributed by atoms with Gasteiger partial charge in [0.15, 0.2) is 0 Å². The van der Waals surface area contributed by atoms with Crippen molar-refractivity contribution in [3.8, 4) is 0 Å². The first-order valence-corrected chi connectivity index (χ1v) is 8.84. The summed E-state index contributed by atoms with van der Waals surface area (Å²) >= 11 is 0. The van der Waals surface area contributed by atoms with Crippen LogP contribution in [0.5, 0.6) is 0 Å². The molecule has 1 heterocycles. The quantitative estimate of drug-likeness (QED) is 0.807. The van der Waals surface area contributed by atoms with Crippen molar-refractivity contribution in [1.29, 1.82) is 0 Å². The van der Waals surface area contributed by atoms with E-state index in [4.69, 9.17) is 5.11 Å². The van der Waals surface area contributed by atoms with Crippen molar-refractivity contribution in [2.45, 2.75) is 51.9 Å². The van der Waals surface area contributed by atoms with E-state index in [0.717, 1.165) is 51.6 Å². The normalized spacial score (nSPS) is 24.5. The van der Waals surface area contributed by atoms with Gasteiger partial charge in [-0.05, 0) is 32.6 Å². The Bertz CT molecular complexity index is 446. The van der Waals surface area contributed by atoms with Gasteiger partial charge in [0, 0.05) is 38.0 Å². The van der Waals surface area contributed by atoms with Gasteiger partial charge in [0.2, 0.25) is 11.8 Å². The van der Waals surface area contributed by atoms with Crippen LogP contribution in [0.3, 0.4) is 0 Å². The zero-order valence-corrected chi connectivity index (χ0v) is 14.0. The number of aliphatic carboxylic acids is 1. The van der Waals surface area contributed by atoms with E-state index in [2.05, 4.69) is 0 Å². The van der Waals surface area contributed by atoms with Crippen LogP contribution in [-0.4, -0.2) is 58.9 Å². The van der Waals surface area contributed by atoms with Crippen molar-refractivity contribution in [3.63, 3.8) is 0 Å². The molecule has 0 aromatic heterocycles. The van der Waals surface area contributed by atoms with Crippen LogP contribution in [0.15, 0.2) is 0 Å². The minimum Gasteiger partial charge on any atom is -0.481 e. The Kier molecular flexibility index (Phi) is 6.42. The molecule has 6 nitrogen and oxygen atoms in total. The third kappa shape index (κ3) is 4.45.